The smallest absolute Gasteiger partial charge is 0.265 e. The van der Waals surface area contributed by atoms with Gasteiger partial charge in [-0.05, 0) is 49.4 Å². The zero-order valence-electron chi connectivity index (χ0n) is 17.4. The molecule has 0 unspecified atom stereocenters. The largest absolute Gasteiger partial charge is 0.321 e. The Bertz CT molecular complexity index is 1420. The highest BCUT2D eigenvalue weighted by Gasteiger charge is 2.25. The number of benzene rings is 3. The van der Waals surface area contributed by atoms with Crippen LogP contribution in [0, 0.1) is 6.92 Å². The minimum atomic E-state index is -3.98. The van der Waals surface area contributed by atoms with Crippen LogP contribution < -0.4 is 9.62 Å². The number of hydrogen-bond donors (Lipinski definition) is 1. The number of carbonyl (C=O) groups excluding carboxylic acids is 1. The summed E-state index contributed by atoms with van der Waals surface area (Å²) in [5.41, 5.74) is 2.76. The third-order valence-corrected chi connectivity index (χ3v) is 7.31. The van der Waals surface area contributed by atoms with Crippen molar-refractivity contribution in [2.45, 2.75) is 11.8 Å². The lowest BCUT2D eigenvalue weighted by molar-refractivity contribution is 0.102. The molecule has 1 aromatic heterocycles. The Labute approximate surface area is 191 Å². The third kappa shape index (κ3) is 4.17. The maximum absolute atomic E-state index is 13.2. The second-order valence-electron chi connectivity index (χ2n) is 7.24. The molecule has 1 N–H and O–H groups in total. The number of aryl methyl sites for hydroxylation is 1. The number of hydrogen-bond acceptors (Lipinski definition) is 4. The molecule has 0 spiro atoms. The lowest BCUT2D eigenvalue weighted by atomic mass is 10.1. The summed E-state index contributed by atoms with van der Waals surface area (Å²) in [5.74, 6) is -0.448. The van der Waals surface area contributed by atoms with Gasteiger partial charge in [-0.1, -0.05) is 48.0 Å². The molecule has 0 aliphatic carbocycles. The quantitative estimate of drug-likeness (QED) is 0.435. The van der Waals surface area contributed by atoms with Crippen LogP contribution in [-0.2, 0) is 10.0 Å². The Hall–Kier alpha value is -3.42. The number of sulfonamides is 1. The maximum atomic E-state index is 13.2. The Kier molecular flexibility index (Phi) is 5.86. The van der Waals surface area contributed by atoms with E-state index in [4.69, 9.17) is 11.6 Å². The summed E-state index contributed by atoms with van der Waals surface area (Å²) >= 11 is 6.23. The van der Waals surface area contributed by atoms with Gasteiger partial charge in [-0.2, -0.15) is 0 Å². The van der Waals surface area contributed by atoms with Gasteiger partial charge < -0.3 is 5.32 Å². The standard InChI is InChI=1S/C24H20ClN3O3S/c1-16-14-22(19-10-6-7-11-21(19)26-16)27-24(29)17-12-13-20(25)23(15-17)32(30,31)28(2)18-8-4-3-5-9-18/h3-15H,1-2H3,(H,26,27,29). The van der Waals surface area contributed by atoms with Gasteiger partial charge in [-0.25, -0.2) is 8.42 Å². The van der Waals surface area contributed by atoms with Crippen molar-refractivity contribution in [2.24, 2.45) is 0 Å². The van der Waals surface area contributed by atoms with Crippen molar-refractivity contribution in [2.75, 3.05) is 16.7 Å². The monoisotopic (exact) mass is 465 g/mol. The van der Waals surface area contributed by atoms with Gasteiger partial charge in [-0.15, -0.1) is 0 Å². The molecule has 32 heavy (non-hydrogen) atoms. The average Bonchev–Trinajstić information content (AvgIpc) is 2.79. The van der Waals surface area contributed by atoms with Crippen molar-refractivity contribution in [3.05, 3.63) is 95.1 Å². The zero-order chi connectivity index (χ0) is 22.9. The zero-order valence-corrected chi connectivity index (χ0v) is 19.0. The van der Waals surface area contributed by atoms with Crippen LogP contribution in [0.15, 0.2) is 83.8 Å². The van der Waals surface area contributed by atoms with Gasteiger partial charge in [0.25, 0.3) is 15.9 Å². The molecule has 8 heteroatoms. The summed E-state index contributed by atoms with van der Waals surface area (Å²) in [6.07, 6.45) is 0. The summed E-state index contributed by atoms with van der Waals surface area (Å²) < 4.78 is 27.5. The van der Waals surface area contributed by atoms with E-state index in [-0.39, 0.29) is 15.5 Å². The van der Waals surface area contributed by atoms with E-state index in [1.807, 2.05) is 31.2 Å². The molecule has 0 fully saturated rings. The molecule has 6 nitrogen and oxygen atoms in total. The van der Waals surface area contributed by atoms with Crippen LogP contribution in [0.3, 0.4) is 0 Å². The molecule has 0 aliphatic rings. The van der Waals surface area contributed by atoms with E-state index in [1.165, 1.54) is 25.2 Å². The minimum Gasteiger partial charge on any atom is -0.321 e. The highest BCUT2D eigenvalue weighted by atomic mass is 35.5. The third-order valence-electron chi connectivity index (χ3n) is 5.04. The molecule has 1 amide bonds. The number of carbonyl (C=O) groups is 1. The summed E-state index contributed by atoms with van der Waals surface area (Å²) in [5, 5.41) is 3.70. The van der Waals surface area contributed by atoms with Crippen molar-refractivity contribution < 1.29 is 13.2 Å². The van der Waals surface area contributed by atoms with Gasteiger partial charge in [0.05, 0.1) is 21.9 Å². The van der Waals surface area contributed by atoms with Crippen LogP contribution in [0.1, 0.15) is 16.1 Å². The number of nitrogens with zero attached hydrogens (tertiary/aromatic N) is 2. The highest BCUT2D eigenvalue weighted by Crippen LogP contribution is 2.29. The van der Waals surface area contributed by atoms with Gasteiger partial charge in [0.1, 0.15) is 4.90 Å². The van der Waals surface area contributed by atoms with Crippen LogP contribution in [-0.4, -0.2) is 26.4 Å². The van der Waals surface area contributed by atoms with E-state index < -0.39 is 15.9 Å². The Balaban J connectivity index is 1.70. The number of para-hydroxylation sites is 2. The number of anilines is 2. The molecule has 0 bridgehead atoms. The fraction of sp³-hybridized carbons (Fsp3) is 0.0833. The summed E-state index contributed by atoms with van der Waals surface area (Å²) in [4.78, 5) is 17.3. The number of rotatable bonds is 5. The predicted octanol–water partition coefficient (Wildman–Crippen LogP) is 5.27. The topological polar surface area (TPSA) is 79.4 Å². The van der Waals surface area contributed by atoms with Gasteiger partial charge in [-0.3, -0.25) is 14.1 Å². The van der Waals surface area contributed by atoms with Crippen LogP contribution >= 0.6 is 11.6 Å². The number of nitrogens with one attached hydrogen (secondary N) is 1. The van der Waals surface area contributed by atoms with Gasteiger partial charge >= 0.3 is 0 Å². The van der Waals surface area contributed by atoms with E-state index in [0.29, 0.717) is 11.4 Å². The van der Waals surface area contributed by atoms with Crippen LogP contribution in [0.4, 0.5) is 11.4 Å². The minimum absolute atomic E-state index is 0.0366. The Morgan fingerprint density at radius 3 is 2.41 bits per heavy atom. The molecule has 4 rings (SSSR count). The number of aromatic nitrogens is 1. The Morgan fingerprint density at radius 2 is 1.66 bits per heavy atom. The molecule has 1 heterocycles. The van der Waals surface area contributed by atoms with Crippen molar-refractivity contribution in [1.29, 1.82) is 0 Å². The lowest BCUT2D eigenvalue weighted by Gasteiger charge is -2.20. The first-order valence-corrected chi connectivity index (χ1v) is 11.6. The number of pyridine rings is 1. The first-order chi connectivity index (χ1) is 15.3. The molecule has 0 saturated heterocycles. The normalized spacial score (nSPS) is 11.3. The maximum Gasteiger partial charge on any atom is 0.265 e. The highest BCUT2D eigenvalue weighted by molar-refractivity contribution is 7.93. The number of fused-ring (bicyclic) bond motifs is 1. The molecular formula is C24H20ClN3O3S. The van der Waals surface area contributed by atoms with Crippen LogP contribution in [0.25, 0.3) is 10.9 Å². The average molecular weight is 466 g/mol. The summed E-state index contributed by atoms with van der Waals surface area (Å²) in [6.45, 7) is 1.84. The molecule has 162 valence electrons. The van der Waals surface area contributed by atoms with E-state index in [2.05, 4.69) is 10.3 Å². The van der Waals surface area contributed by atoms with E-state index in [0.717, 1.165) is 20.9 Å². The summed E-state index contributed by atoms with van der Waals surface area (Å²) in [7, 11) is -2.54. The van der Waals surface area contributed by atoms with E-state index in [1.54, 1.807) is 36.4 Å². The van der Waals surface area contributed by atoms with E-state index in [9.17, 15) is 13.2 Å². The molecule has 0 radical (unpaired) electrons. The predicted molar refractivity (Wildman–Crippen MR) is 128 cm³/mol. The first-order valence-electron chi connectivity index (χ1n) is 9.78. The molecule has 0 atom stereocenters. The molecule has 0 aliphatic heterocycles. The fourth-order valence-electron chi connectivity index (χ4n) is 3.37. The second kappa shape index (κ2) is 8.61. The molecule has 0 saturated carbocycles. The lowest BCUT2D eigenvalue weighted by Crippen LogP contribution is -2.27. The molecule has 4 aromatic rings. The Morgan fingerprint density at radius 1 is 0.969 bits per heavy atom. The second-order valence-corrected chi connectivity index (χ2v) is 9.58. The van der Waals surface area contributed by atoms with Crippen molar-refractivity contribution in [3.8, 4) is 0 Å². The van der Waals surface area contributed by atoms with Crippen LogP contribution in [0.5, 0.6) is 0 Å². The van der Waals surface area contributed by atoms with Crippen molar-refractivity contribution in [3.63, 3.8) is 0 Å². The van der Waals surface area contributed by atoms with Crippen molar-refractivity contribution >= 4 is 49.8 Å². The van der Waals surface area contributed by atoms with Crippen molar-refractivity contribution in [1.82, 2.24) is 4.98 Å². The van der Waals surface area contributed by atoms with Crippen LogP contribution in [0.2, 0.25) is 5.02 Å². The molecule has 3 aromatic carbocycles. The fourth-order valence-corrected chi connectivity index (χ4v) is 5.07. The molecular weight excluding hydrogens is 446 g/mol. The van der Waals surface area contributed by atoms with E-state index >= 15 is 0 Å². The van der Waals surface area contributed by atoms with Gasteiger partial charge in [0.2, 0.25) is 0 Å². The van der Waals surface area contributed by atoms with Gasteiger partial charge in [0.15, 0.2) is 0 Å². The number of halogens is 1. The van der Waals surface area contributed by atoms with Gasteiger partial charge in [0, 0.05) is 23.7 Å². The number of amides is 1. The first kappa shape index (κ1) is 21.8. The SMILES string of the molecule is Cc1cc(NC(=O)c2ccc(Cl)c(S(=O)(=O)N(C)c3ccccc3)c2)c2ccccc2n1. The summed E-state index contributed by atoms with van der Waals surface area (Å²) in [6, 6.07) is 22.1.